The van der Waals surface area contributed by atoms with E-state index in [0.29, 0.717) is 19.5 Å². The van der Waals surface area contributed by atoms with Crippen LogP contribution in [0.1, 0.15) is 65.5 Å². The van der Waals surface area contributed by atoms with Gasteiger partial charge >= 0.3 is 6.09 Å². The minimum absolute atomic E-state index is 0.0154. The molecule has 7 nitrogen and oxygen atoms in total. The Hall–Kier alpha value is -1.93. The van der Waals surface area contributed by atoms with Gasteiger partial charge in [-0.25, -0.2) is 4.79 Å². The van der Waals surface area contributed by atoms with Crippen LogP contribution in [-0.4, -0.2) is 65.3 Å². The van der Waals surface area contributed by atoms with Crippen molar-refractivity contribution in [2.75, 3.05) is 25.1 Å². The molecule has 0 saturated carbocycles. The highest BCUT2D eigenvalue weighted by Crippen LogP contribution is 2.52. The number of piperidine rings is 1. The first kappa shape index (κ1) is 26.1. The lowest BCUT2D eigenvalue weighted by Gasteiger charge is -2.53. The van der Waals surface area contributed by atoms with Crippen LogP contribution in [0.3, 0.4) is 0 Å². The number of amides is 2. The highest BCUT2D eigenvalue weighted by atomic mass is 32.2. The number of nitrogens with zero attached hydrogens (tertiary/aromatic N) is 1. The molecule has 3 heterocycles. The second kappa shape index (κ2) is 10.2. The quantitative estimate of drug-likeness (QED) is 0.621. The molecule has 2 fully saturated rings. The van der Waals surface area contributed by atoms with Crippen molar-refractivity contribution in [1.29, 1.82) is 0 Å². The van der Waals surface area contributed by atoms with Crippen molar-refractivity contribution in [2.45, 2.75) is 83.3 Å². The molecule has 0 bridgehead atoms. The summed E-state index contributed by atoms with van der Waals surface area (Å²) in [7, 11) is 0. The number of carbonyl (C=O) groups is 2. The number of para-hydroxylation sites is 1. The average molecular weight is 505 g/mol. The minimum Gasteiger partial charge on any atom is -0.487 e. The first-order chi connectivity index (χ1) is 16.5. The van der Waals surface area contributed by atoms with E-state index in [9.17, 15) is 9.59 Å². The van der Waals surface area contributed by atoms with Gasteiger partial charge in [-0.1, -0.05) is 18.2 Å². The molecule has 0 aromatic heterocycles. The van der Waals surface area contributed by atoms with Gasteiger partial charge in [0.1, 0.15) is 23.0 Å². The Labute approximate surface area is 213 Å². The van der Waals surface area contributed by atoms with E-state index in [-0.39, 0.29) is 35.6 Å². The number of likely N-dealkylation sites (tertiary alicyclic amines) is 1. The molecule has 1 aromatic carbocycles. The molecule has 0 aliphatic carbocycles. The molecule has 0 radical (unpaired) electrons. The Morgan fingerprint density at radius 1 is 1.29 bits per heavy atom. The third-order valence-electron chi connectivity index (χ3n) is 7.31. The van der Waals surface area contributed by atoms with Crippen molar-refractivity contribution in [2.24, 2.45) is 11.8 Å². The van der Waals surface area contributed by atoms with E-state index in [0.717, 1.165) is 29.9 Å². The Kier molecular flexibility index (Phi) is 7.62. The topological polar surface area (TPSA) is 77.1 Å². The van der Waals surface area contributed by atoms with Gasteiger partial charge in [0.05, 0.1) is 12.2 Å². The van der Waals surface area contributed by atoms with E-state index in [1.54, 1.807) is 11.8 Å². The van der Waals surface area contributed by atoms with Crippen LogP contribution < -0.4 is 10.1 Å². The number of hydrogen-bond acceptors (Lipinski definition) is 6. The van der Waals surface area contributed by atoms with Gasteiger partial charge in [0.15, 0.2) is 0 Å². The highest BCUT2D eigenvalue weighted by Gasteiger charge is 2.51. The van der Waals surface area contributed by atoms with Crippen LogP contribution in [-0.2, 0) is 14.3 Å². The van der Waals surface area contributed by atoms with Crippen molar-refractivity contribution in [3.05, 3.63) is 29.8 Å². The molecule has 2 amide bonds. The van der Waals surface area contributed by atoms with Crippen molar-refractivity contribution in [3.8, 4) is 5.75 Å². The van der Waals surface area contributed by atoms with Gasteiger partial charge in [-0.3, -0.25) is 4.79 Å². The molecule has 2 saturated heterocycles. The molecule has 194 valence electrons. The minimum atomic E-state index is -0.612. The molecule has 4 rings (SSSR count). The van der Waals surface area contributed by atoms with Crippen LogP contribution in [0.4, 0.5) is 4.79 Å². The molecular formula is C27H40N2O5S. The predicted octanol–water partition coefficient (Wildman–Crippen LogP) is 4.80. The summed E-state index contributed by atoms with van der Waals surface area (Å²) in [6, 6.07) is 7.59. The fraction of sp³-hybridized carbons (Fsp3) is 0.704. The lowest BCUT2D eigenvalue weighted by atomic mass is 9.70. The summed E-state index contributed by atoms with van der Waals surface area (Å²) in [5.74, 6) is 2.11. The van der Waals surface area contributed by atoms with Crippen LogP contribution in [0, 0.1) is 11.8 Å². The van der Waals surface area contributed by atoms with E-state index in [2.05, 4.69) is 25.2 Å². The van der Waals surface area contributed by atoms with Crippen molar-refractivity contribution >= 4 is 23.8 Å². The number of thioether (sulfide) groups is 1. The maximum Gasteiger partial charge on any atom is 0.408 e. The van der Waals surface area contributed by atoms with Crippen LogP contribution in [0.15, 0.2) is 24.3 Å². The smallest absolute Gasteiger partial charge is 0.408 e. The molecule has 0 spiro atoms. The van der Waals surface area contributed by atoms with Crippen LogP contribution in [0.2, 0.25) is 0 Å². The molecule has 8 heteroatoms. The molecular weight excluding hydrogens is 464 g/mol. The third-order valence-corrected chi connectivity index (χ3v) is 7.95. The van der Waals surface area contributed by atoms with E-state index in [1.807, 2.05) is 50.1 Å². The maximum atomic E-state index is 13.5. The zero-order valence-electron chi connectivity index (χ0n) is 21.8. The second-order valence-electron chi connectivity index (χ2n) is 11.5. The fourth-order valence-electron chi connectivity index (χ4n) is 5.62. The van der Waals surface area contributed by atoms with Crippen LogP contribution >= 0.6 is 11.8 Å². The summed E-state index contributed by atoms with van der Waals surface area (Å²) in [6.45, 7) is 11.0. The highest BCUT2D eigenvalue weighted by molar-refractivity contribution is 7.98. The van der Waals surface area contributed by atoms with Gasteiger partial charge < -0.3 is 24.4 Å². The summed E-state index contributed by atoms with van der Waals surface area (Å²) in [5.41, 5.74) is 0.168. The average Bonchev–Trinajstić information content (AvgIpc) is 2.78. The number of alkyl carbamates (subject to hydrolysis) is 1. The fourth-order valence-corrected chi connectivity index (χ4v) is 6.09. The lowest BCUT2D eigenvalue weighted by molar-refractivity contribution is -0.189. The number of hydrogen-bond donors (Lipinski definition) is 1. The summed E-state index contributed by atoms with van der Waals surface area (Å²) in [5, 5.41) is 2.83. The number of benzene rings is 1. The summed E-state index contributed by atoms with van der Waals surface area (Å²) < 4.78 is 18.5. The monoisotopic (exact) mass is 504 g/mol. The first-order valence-electron chi connectivity index (χ1n) is 12.7. The SMILES string of the molecule is CSCC[C@H](NC(=O)OC(C)(C)C)C(=O)N1CC[C@H]2O[C@H]3c4ccccc4OC(C)(C)[C@@H]3C[C@H]2C1. The number of fused-ring (bicyclic) bond motifs is 4. The predicted molar refractivity (Wildman–Crippen MR) is 138 cm³/mol. The molecule has 1 N–H and O–H groups in total. The molecule has 3 aliphatic heterocycles. The number of rotatable bonds is 5. The van der Waals surface area contributed by atoms with Gasteiger partial charge in [0.2, 0.25) is 5.91 Å². The number of ether oxygens (including phenoxy) is 3. The lowest BCUT2D eigenvalue weighted by Crippen LogP contribution is -2.58. The van der Waals surface area contributed by atoms with Crippen LogP contribution in [0.25, 0.3) is 0 Å². The molecule has 0 unspecified atom stereocenters. The summed E-state index contributed by atoms with van der Waals surface area (Å²) in [6.07, 6.45) is 3.90. The van der Waals surface area contributed by atoms with Crippen molar-refractivity contribution in [3.63, 3.8) is 0 Å². The third kappa shape index (κ3) is 5.91. The van der Waals surface area contributed by atoms with E-state index < -0.39 is 17.7 Å². The van der Waals surface area contributed by atoms with Gasteiger partial charge in [-0.05, 0) is 72.0 Å². The second-order valence-corrected chi connectivity index (χ2v) is 12.5. The Morgan fingerprint density at radius 3 is 2.74 bits per heavy atom. The Bertz CT molecular complexity index is 930. The van der Waals surface area contributed by atoms with Gasteiger partial charge in [0.25, 0.3) is 0 Å². The van der Waals surface area contributed by atoms with E-state index >= 15 is 0 Å². The normalized spacial score (nSPS) is 28.0. The largest absolute Gasteiger partial charge is 0.487 e. The summed E-state index contributed by atoms with van der Waals surface area (Å²) >= 11 is 1.66. The number of nitrogens with one attached hydrogen (secondary N) is 1. The first-order valence-corrected chi connectivity index (χ1v) is 14.1. The molecule has 3 aliphatic rings. The molecule has 35 heavy (non-hydrogen) atoms. The zero-order chi connectivity index (χ0) is 25.4. The van der Waals surface area contributed by atoms with Gasteiger partial charge in [-0.2, -0.15) is 11.8 Å². The molecule has 1 aromatic rings. The Balaban J connectivity index is 1.45. The van der Waals surface area contributed by atoms with E-state index in [4.69, 9.17) is 14.2 Å². The Morgan fingerprint density at radius 2 is 2.03 bits per heavy atom. The number of carbonyl (C=O) groups excluding carboxylic acids is 2. The van der Waals surface area contributed by atoms with Crippen LogP contribution in [0.5, 0.6) is 5.75 Å². The standard InChI is InChI=1S/C27H40N2O5S/c1-26(2,3)34-25(31)28-20(12-14-35-6)24(30)29-13-11-21-17(16-29)15-19-23(32-21)18-9-7-8-10-22(18)33-27(19,4)5/h7-10,17,19-21,23H,11-16H2,1-6H3,(H,28,31)/t17-,19+,20-,21+,23-/m0/s1. The molecule has 5 atom stereocenters. The summed E-state index contributed by atoms with van der Waals surface area (Å²) in [4.78, 5) is 27.9. The van der Waals surface area contributed by atoms with Gasteiger partial charge in [0, 0.05) is 30.5 Å². The zero-order valence-corrected chi connectivity index (χ0v) is 22.7. The van der Waals surface area contributed by atoms with E-state index in [1.165, 1.54) is 0 Å². The van der Waals surface area contributed by atoms with Crippen molar-refractivity contribution in [1.82, 2.24) is 10.2 Å². The van der Waals surface area contributed by atoms with Gasteiger partial charge in [-0.15, -0.1) is 0 Å². The van der Waals surface area contributed by atoms with Crippen molar-refractivity contribution < 1.29 is 23.8 Å². The maximum absolute atomic E-state index is 13.5.